The maximum absolute atomic E-state index is 14.7. The molecule has 2 N–H and O–H groups in total. The molecule has 0 unspecified atom stereocenters. The van der Waals surface area contributed by atoms with Crippen molar-refractivity contribution < 1.29 is 13.6 Å². The largest absolute Gasteiger partial charge is 0.366 e. The Morgan fingerprint density at radius 1 is 1.00 bits per heavy atom. The molecule has 0 atom stereocenters. The molecule has 4 rings (SSSR count). The highest BCUT2D eigenvalue weighted by atomic mass is 35.5. The van der Waals surface area contributed by atoms with E-state index in [2.05, 4.69) is 0 Å². The predicted octanol–water partition coefficient (Wildman–Crippen LogP) is 4.87. The Bertz CT molecular complexity index is 1160. The monoisotopic (exact) mass is 370 g/mol. The molecule has 1 amide bonds. The van der Waals surface area contributed by atoms with Crippen LogP contribution in [-0.2, 0) is 6.54 Å². The van der Waals surface area contributed by atoms with Crippen molar-refractivity contribution in [3.63, 3.8) is 0 Å². The standard InChI is InChI=1S/C20H13ClF2N2O/c21-14-6-3-7-15(22)13(14)10-25-17-9-2-5-12(20(24)26)18(17)11-4-1-8-16(23)19(11)25/h1-9H,10H2,(H2,24,26). The van der Waals surface area contributed by atoms with E-state index in [0.717, 1.165) is 0 Å². The molecule has 6 heteroatoms. The Balaban J connectivity index is 2.11. The number of hydrogen-bond donors (Lipinski definition) is 1. The molecule has 1 heterocycles. The number of halogens is 3. The fourth-order valence-corrected chi connectivity index (χ4v) is 3.59. The highest BCUT2D eigenvalue weighted by Crippen LogP contribution is 2.34. The number of fused-ring (bicyclic) bond motifs is 3. The molecule has 0 radical (unpaired) electrons. The van der Waals surface area contributed by atoms with E-state index in [-0.39, 0.29) is 28.2 Å². The number of para-hydroxylation sites is 1. The number of rotatable bonds is 3. The molecular formula is C20H13ClF2N2O. The Hall–Kier alpha value is -2.92. The summed E-state index contributed by atoms with van der Waals surface area (Å²) >= 11 is 6.15. The minimum absolute atomic E-state index is 0.0225. The van der Waals surface area contributed by atoms with Crippen LogP contribution < -0.4 is 5.73 Å². The van der Waals surface area contributed by atoms with Crippen molar-refractivity contribution in [1.29, 1.82) is 0 Å². The van der Waals surface area contributed by atoms with E-state index in [0.29, 0.717) is 16.3 Å². The quantitative estimate of drug-likeness (QED) is 0.549. The van der Waals surface area contributed by atoms with Crippen molar-refractivity contribution in [2.24, 2.45) is 5.73 Å². The molecule has 3 aromatic carbocycles. The predicted molar refractivity (Wildman–Crippen MR) is 98.4 cm³/mol. The van der Waals surface area contributed by atoms with Crippen LogP contribution in [0.5, 0.6) is 0 Å². The summed E-state index contributed by atoms with van der Waals surface area (Å²) in [5, 5.41) is 1.34. The van der Waals surface area contributed by atoms with Crippen molar-refractivity contribution >= 4 is 39.3 Å². The van der Waals surface area contributed by atoms with Crippen LogP contribution in [0.25, 0.3) is 21.8 Å². The normalized spacial score (nSPS) is 11.3. The third-order valence-corrected chi connectivity index (χ3v) is 4.86. The van der Waals surface area contributed by atoms with Gasteiger partial charge in [0.15, 0.2) is 0 Å². The van der Waals surface area contributed by atoms with Gasteiger partial charge in [-0.25, -0.2) is 8.78 Å². The van der Waals surface area contributed by atoms with Crippen LogP contribution in [0.3, 0.4) is 0 Å². The molecule has 1 aromatic heterocycles. The zero-order valence-corrected chi connectivity index (χ0v) is 14.2. The van der Waals surface area contributed by atoms with Gasteiger partial charge in [-0.05, 0) is 30.3 Å². The smallest absolute Gasteiger partial charge is 0.249 e. The van der Waals surface area contributed by atoms with Crippen molar-refractivity contribution in [3.8, 4) is 0 Å². The SMILES string of the molecule is NC(=O)c1cccc2c1c1cccc(F)c1n2Cc1c(F)cccc1Cl. The fraction of sp³-hybridized carbons (Fsp3) is 0.0500. The fourth-order valence-electron chi connectivity index (χ4n) is 3.37. The van der Waals surface area contributed by atoms with Gasteiger partial charge in [0.1, 0.15) is 11.6 Å². The number of hydrogen-bond acceptors (Lipinski definition) is 1. The van der Waals surface area contributed by atoms with Crippen molar-refractivity contribution in [1.82, 2.24) is 4.57 Å². The van der Waals surface area contributed by atoms with Gasteiger partial charge in [-0.15, -0.1) is 0 Å². The average molecular weight is 371 g/mol. The number of nitrogens with two attached hydrogens (primary N) is 1. The summed E-state index contributed by atoms with van der Waals surface area (Å²) in [5.41, 5.74) is 6.89. The first-order chi connectivity index (χ1) is 12.5. The number of carbonyl (C=O) groups excluding carboxylic acids is 1. The van der Waals surface area contributed by atoms with Crippen LogP contribution in [0.15, 0.2) is 54.6 Å². The molecule has 0 bridgehead atoms. The topological polar surface area (TPSA) is 48.0 Å². The van der Waals surface area contributed by atoms with E-state index in [1.54, 1.807) is 41.0 Å². The van der Waals surface area contributed by atoms with Gasteiger partial charge < -0.3 is 10.3 Å². The molecule has 0 aliphatic carbocycles. The lowest BCUT2D eigenvalue weighted by molar-refractivity contribution is 0.100. The summed E-state index contributed by atoms with van der Waals surface area (Å²) in [6.07, 6.45) is 0. The van der Waals surface area contributed by atoms with Crippen molar-refractivity contribution in [2.75, 3.05) is 0 Å². The zero-order chi connectivity index (χ0) is 18.4. The van der Waals surface area contributed by atoms with E-state index in [9.17, 15) is 13.6 Å². The number of carbonyl (C=O) groups is 1. The second kappa shape index (κ2) is 6.11. The van der Waals surface area contributed by atoms with Crippen LogP contribution in [0.4, 0.5) is 8.78 Å². The number of aromatic nitrogens is 1. The minimum atomic E-state index is -0.608. The summed E-state index contributed by atoms with van der Waals surface area (Å²) in [5.74, 6) is -1.56. The van der Waals surface area contributed by atoms with Gasteiger partial charge >= 0.3 is 0 Å². The second-order valence-electron chi connectivity index (χ2n) is 5.99. The number of nitrogens with zero attached hydrogens (tertiary/aromatic N) is 1. The second-order valence-corrected chi connectivity index (χ2v) is 6.39. The maximum Gasteiger partial charge on any atom is 0.249 e. The van der Waals surface area contributed by atoms with Crippen LogP contribution in [-0.4, -0.2) is 10.5 Å². The molecule has 0 aliphatic heterocycles. The van der Waals surface area contributed by atoms with Crippen LogP contribution in [0.1, 0.15) is 15.9 Å². The molecule has 0 fully saturated rings. The molecular weight excluding hydrogens is 358 g/mol. The Kier molecular flexibility index (Phi) is 3.89. The summed E-state index contributed by atoms with van der Waals surface area (Å²) in [6.45, 7) is 0.0225. The third-order valence-electron chi connectivity index (χ3n) is 4.50. The lowest BCUT2D eigenvalue weighted by Crippen LogP contribution is -2.11. The molecule has 0 aliphatic rings. The lowest BCUT2D eigenvalue weighted by atomic mass is 10.1. The molecule has 4 aromatic rings. The summed E-state index contributed by atoms with van der Waals surface area (Å²) in [6, 6.07) is 14.0. The van der Waals surface area contributed by atoms with Crippen LogP contribution in [0.2, 0.25) is 5.02 Å². The van der Waals surface area contributed by atoms with E-state index >= 15 is 0 Å². The number of amides is 1. The first-order valence-corrected chi connectivity index (χ1v) is 8.29. The zero-order valence-electron chi connectivity index (χ0n) is 13.5. The molecule has 26 heavy (non-hydrogen) atoms. The van der Waals surface area contributed by atoms with Gasteiger partial charge in [0.25, 0.3) is 0 Å². The van der Waals surface area contributed by atoms with E-state index in [1.165, 1.54) is 18.2 Å². The van der Waals surface area contributed by atoms with E-state index in [1.807, 2.05) is 0 Å². The summed E-state index contributed by atoms with van der Waals surface area (Å²) in [4.78, 5) is 11.9. The molecule has 0 spiro atoms. The maximum atomic E-state index is 14.7. The van der Waals surface area contributed by atoms with Crippen LogP contribution in [0, 0.1) is 11.6 Å². The first kappa shape index (κ1) is 16.5. The average Bonchev–Trinajstić information content (AvgIpc) is 2.93. The Morgan fingerprint density at radius 2 is 1.69 bits per heavy atom. The molecule has 0 saturated carbocycles. The third kappa shape index (κ3) is 2.44. The Labute approximate surface area is 152 Å². The number of benzene rings is 3. The molecule has 130 valence electrons. The number of primary amides is 1. The van der Waals surface area contributed by atoms with Gasteiger partial charge in [-0.2, -0.15) is 0 Å². The minimum Gasteiger partial charge on any atom is -0.366 e. The lowest BCUT2D eigenvalue weighted by Gasteiger charge is -2.11. The highest BCUT2D eigenvalue weighted by Gasteiger charge is 2.20. The van der Waals surface area contributed by atoms with Crippen LogP contribution >= 0.6 is 11.6 Å². The van der Waals surface area contributed by atoms with Gasteiger partial charge in [-0.1, -0.05) is 35.9 Å². The highest BCUT2D eigenvalue weighted by molar-refractivity contribution is 6.31. The van der Waals surface area contributed by atoms with Gasteiger partial charge in [-0.3, -0.25) is 4.79 Å². The van der Waals surface area contributed by atoms with E-state index in [4.69, 9.17) is 17.3 Å². The molecule has 0 saturated heterocycles. The van der Waals surface area contributed by atoms with Crippen molar-refractivity contribution in [3.05, 3.63) is 82.4 Å². The van der Waals surface area contributed by atoms with E-state index < -0.39 is 17.5 Å². The Morgan fingerprint density at radius 3 is 2.42 bits per heavy atom. The van der Waals surface area contributed by atoms with Crippen molar-refractivity contribution in [2.45, 2.75) is 6.54 Å². The summed E-state index contributed by atoms with van der Waals surface area (Å²) < 4.78 is 30.6. The first-order valence-electron chi connectivity index (χ1n) is 7.91. The summed E-state index contributed by atoms with van der Waals surface area (Å²) in [7, 11) is 0. The van der Waals surface area contributed by atoms with Gasteiger partial charge in [0.05, 0.1) is 17.6 Å². The molecule has 3 nitrogen and oxygen atoms in total. The van der Waals surface area contributed by atoms with Gasteiger partial charge in [0, 0.05) is 26.9 Å². The van der Waals surface area contributed by atoms with Gasteiger partial charge in [0.2, 0.25) is 5.91 Å².